The second kappa shape index (κ2) is 5.00. The van der Waals surface area contributed by atoms with Gasteiger partial charge in [0.1, 0.15) is 0 Å². The molecule has 1 aromatic carbocycles. The number of halogens is 2. The van der Waals surface area contributed by atoms with Gasteiger partial charge < -0.3 is 10.6 Å². The van der Waals surface area contributed by atoms with E-state index < -0.39 is 11.6 Å². The molecule has 0 aliphatic heterocycles. The Morgan fingerprint density at radius 1 is 1.29 bits per heavy atom. The fourth-order valence-electron chi connectivity index (χ4n) is 2.09. The van der Waals surface area contributed by atoms with E-state index in [4.69, 9.17) is 5.73 Å². The predicted octanol–water partition coefficient (Wildman–Crippen LogP) is 2.80. The topological polar surface area (TPSA) is 29.3 Å². The first-order valence-electron chi connectivity index (χ1n) is 6.12. The molecule has 0 aromatic heterocycles. The first-order valence-corrected chi connectivity index (χ1v) is 6.12. The molecule has 0 heterocycles. The van der Waals surface area contributed by atoms with Gasteiger partial charge in [-0.05, 0) is 25.3 Å². The third-order valence-corrected chi connectivity index (χ3v) is 3.12. The van der Waals surface area contributed by atoms with Crippen molar-refractivity contribution in [2.75, 3.05) is 11.4 Å². The summed E-state index contributed by atoms with van der Waals surface area (Å²) in [7, 11) is 0. The molecule has 2 rings (SSSR count). The van der Waals surface area contributed by atoms with E-state index in [1.54, 1.807) is 12.1 Å². The van der Waals surface area contributed by atoms with Crippen LogP contribution in [0, 0.1) is 11.6 Å². The Morgan fingerprint density at radius 3 is 2.53 bits per heavy atom. The van der Waals surface area contributed by atoms with Gasteiger partial charge in [-0.1, -0.05) is 13.0 Å². The smallest absolute Gasteiger partial charge is 0.182 e. The Balaban J connectivity index is 2.33. The minimum atomic E-state index is -0.799. The maximum absolute atomic E-state index is 13.9. The average Bonchev–Trinajstić information content (AvgIpc) is 3.14. The van der Waals surface area contributed by atoms with Gasteiger partial charge in [-0.3, -0.25) is 0 Å². The summed E-state index contributed by atoms with van der Waals surface area (Å²) in [6.07, 6.45) is 3.07. The standard InChI is InChI=1S/C13H18F2N2/c1-2-7-17(10-4-5-10)11-6-3-9(8-16)12(14)13(11)15/h3,6,10H,2,4-5,7-8,16H2,1H3. The molecule has 0 unspecified atom stereocenters. The van der Waals surface area contributed by atoms with E-state index in [0.29, 0.717) is 11.7 Å². The zero-order chi connectivity index (χ0) is 12.4. The Kier molecular flexibility index (Phi) is 3.62. The van der Waals surface area contributed by atoms with Crippen LogP contribution in [0.15, 0.2) is 12.1 Å². The van der Waals surface area contributed by atoms with Gasteiger partial charge in [0.2, 0.25) is 0 Å². The van der Waals surface area contributed by atoms with Crippen LogP contribution in [0.1, 0.15) is 31.7 Å². The molecular formula is C13H18F2N2. The van der Waals surface area contributed by atoms with Crippen molar-refractivity contribution in [3.8, 4) is 0 Å². The molecule has 1 aliphatic carbocycles. The van der Waals surface area contributed by atoms with Crippen LogP contribution in [-0.4, -0.2) is 12.6 Å². The van der Waals surface area contributed by atoms with Gasteiger partial charge in [0, 0.05) is 24.7 Å². The summed E-state index contributed by atoms with van der Waals surface area (Å²) in [6.45, 7) is 2.83. The molecule has 94 valence electrons. The fourth-order valence-corrected chi connectivity index (χ4v) is 2.09. The molecule has 2 nitrogen and oxygen atoms in total. The summed E-state index contributed by atoms with van der Waals surface area (Å²) in [6, 6.07) is 3.61. The molecule has 0 amide bonds. The fraction of sp³-hybridized carbons (Fsp3) is 0.538. The Hall–Kier alpha value is -1.16. The maximum atomic E-state index is 13.9. The quantitative estimate of drug-likeness (QED) is 0.857. The molecule has 2 N–H and O–H groups in total. The van der Waals surface area contributed by atoms with Gasteiger partial charge in [-0.15, -0.1) is 0 Å². The zero-order valence-corrected chi connectivity index (χ0v) is 10.0. The van der Waals surface area contributed by atoms with Crippen molar-refractivity contribution in [1.82, 2.24) is 0 Å². The summed E-state index contributed by atoms with van der Waals surface area (Å²) < 4.78 is 27.6. The lowest BCUT2D eigenvalue weighted by Gasteiger charge is -2.25. The van der Waals surface area contributed by atoms with Crippen LogP contribution in [0.4, 0.5) is 14.5 Å². The first kappa shape index (κ1) is 12.3. The highest BCUT2D eigenvalue weighted by Crippen LogP contribution is 2.34. The Labute approximate surface area is 100 Å². The monoisotopic (exact) mass is 240 g/mol. The van der Waals surface area contributed by atoms with Crippen LogP contribution in [-0.2, 0) is 6.54 Å². The second-order valence-electron chi connectivity index (χ2n) is 4.50. The van der Waals surface area contributed by atoms with Gasteiger partial charge in [0.25, 0.3) is 0 Å². The van der Waals surface area contributed by atoms with E-state index >= 15 is 0 Å². The molecule has 1 aliphatic rings. The largest absolute Gasteiger partial charge is 0.366 e. The van der Waals surface area contributed by atoms with E-state index in [9.17, 15) is 8.78 Å². The van der Waals surface area contributed by atoms with Gasteiger partial charge >= 0.3 is 0 Å². The average molecular weight is 240 g/mol. The molecule has 4 heteroatoms. The molecule has 1 aromatic rings. The summed E-state index contributed by atoms with van der Waals surface area (Å²) >= 11 is 0. The lowest BCUT2D eigenvalue weighted by atomic mass is 10.1. The number of rotatable bonds is 5. The lowest BCUT2D eigenvalue weighted by Crippen LogP contribution is -2.27. The SMILES string of the molecule is CCCN(c1ccc(CN)c(F)c1F)C1CC1. The lowest BCUT2D eigenvalue weighted by molar-refractivity contribution is 0.496. The summed E-state index contributed by atoms with van der Waals surface area (Å²) in [5.74, 6) is -1.56. The van der Waals surface area contributed by atoms with Crippen molar-refractivity contribution >= 4 is 5.69 Å². The van der Waals surface area contributed by atoms with Crippen LogP contribution in [0.2, 0.25) is 0 Å². The minimum Gasteiger partial charge on any atom is -0.366 e. The molecule has 0 saturated heterocycles. The van der Waals surface area contributed by atoms with Gasteiger partial charge in [0.15, 0.2) is 11.6 Å². The molecule has 0 atom stereocenters. The van der Waals surface area contributed by atoms with Crippen LogP contribution in [0.25, 0.3) is 0 Å². The number of hydrogen-bond acceptors (Lipinski definition) is 2. The Bertz CT molecular complexity index is 403. The molecular weight excluding hydrogens is 222 g/mol. The van der Waals surface area contributed by atoms with Crippen molar-refractivity contribution in [1.29, 1.82) is 0 Å². The molecule has 0 spiro atoms. The van der Waals surface area contributed by atoms with Crippen LogP contribution >= 0.6 is 0 Å². The second-order valence-corrected chi connectivity index (χ2v) is 4.50. The minimum absolute atomic E-state index is 0.0280. The number of nitrogens with two attached hydrogens (primary N) is 1. The number of hydrogen-bond donors (Lipinski definition) is 1. The van der Waals surface area contributed by atoms with E-state index in [0.717, 1.165) is 25.8 Å². The number of benzene rings is 1. The van der Waals surface area contributed by atoms with Crippen molar-refractivity contribution in [3.63, 3.8) is 0 Å². The highest BCUT2D eigenvalue weighted by Gasteiger charge is 2.31. The van der Waals surface area contributed by atoms with E-state index in [2.05, 4.69) is 0 Å². The van der Waals surface area contributed by atoms with Gasteiger partial charge in [-0.25, -0.2) is 8.78 Å². The van der Waals surface area contributed by atoms with Crippen molar-refractivity contribution < 1.29 is 8.78 Å². The van der Waals surface area contributed by atoms with Crippen molar-refractivity contribution in [2.24, 2.45) is 5.73 Å². The summed E-state index contributed by atoms with van der Waals surface area (Å²) in [4.78, 5) is 1.97. The van der Waals surface area contributed by atoms with E-state index in [-0.39, 0.29) is 12.1 Å². The van der Waals surface area contributed by atoms with Crippen LogP contribution in [0.5, 0.6) is 0 Å². The maximum Gasteiger partial charge on any atom is 0.182 e. The molecule has 1 fully saturated rings. The molecule has 17 heavy (non-hydrogen) atoms. The number of nitrogens with zero attached hydrogens (tertiary/aromatic N) is 1. The van der Waals surface area contributed by atoms with Crippen molar-refractivity contribution in [3.05, 3.63) is 29.3 Å². The number of anilines is 1. The third kappa shape index (κ3) is 2.41. The van der Waals surface area contributed by atoms with Gasteiger partial charge in [-0.2, -0.15) is 0 Å². The first-order chi connectivity index (χ1) is 8.19. The Morgan fingerprint density at radius 2 is 2.00 bits per heavy atom. The molecule has 1 saturated carbocycles. The third-order valence-electron chi connectivity index (χ3n) is 3.12. The summed E-state index contributed by atoms with van der Waals surface area (Å²) in [5.41, 5.74) is 5.97. The predicted molar refractivity (Wildman–Crippen MR) is 64.9 cm³/mol. The zero-order valence-electron chi connectivity index (χ0n) is 10.0. The van der Waals surface area contributed by atoms with Crippen LogP contribution in [0.3, 0.4) is 0 Å². The molecule has 0 radical (unpaired) electrons. The van der Waals surface area contributed by atoms with Crippen LogP contribution < -0.4 is 10.6 Å². The van der Waals surface area contributed by atoms with Gasteiger partial charge in [0.05, 0.1) is 5.69 Å². The van der Waals surface area contributed by atoms with Crippen molar-refractivity contribution in [2.45, 2.75) is 38.8 Å². The molecule has 0 bridgehead atoms. The van der Waals surface area contributed by atoms with E-state index in [1.807, 2.05) is 11.8 Å². The highest BCUT2D eigenvalue weighted by molar-refractivity contribution is 5.51. The highest BCUT2D eigenvalue weighted by atomic mass is 19.2. The van der Waals surface area contributed by atoms with E-state index in [1.165, 1.54) is 0 Å². The normalized spacial score (nSPS) is 15.1. The summed E-state index contributed by atoms with van der Waals surface area (Å²) in [5, 5.41) is 0.